The van der Waals surface area contributed by atoms with Gasteiger partial charge in [-0.1, -0.05) is 24.3 Å². The number of carbonyl (C=O) groups excluding carboxylic acids is 1. The second-order valence-corrected chi connectivity index (χ2v) is 6.72. The van der Waals surface area contributed by atoms with Gasteiger partial charge in [0.1, 0.15) is 6.54 Å². The third kappa shape index (κ3) is 4.60. The largest absolute Gasteiger partial charge is 0.437 e. The van der Waals surface area contributed by atoms with Crippen molar-refractivity contribution in [2.24, 2.45) is 0 Å². The van der Waals surface area contributed by atoms with Crippen molar-refractivity contribution < 1.29 is 9.21 Å². The van der Waals surface area contributed by atoms with E-state index in [1.54, 1.807) is 0 Å². The predicted molar refractivity (Wildman–Crippen MR) is 101 cm³/mol. The summed E-state index contributed by atoms with van der Waals surface area (Å²) in [7, 11) is 2.01. The Hall–Kier alpha value is -2.87. The van der Waals surface area contributed by atoms with Crippen LogP contribution in [0.5, 0.6) is 0 Å². The number of amides is 1. The van der Waals surface area contributed by atoms with Crippen molar-refractivity contribution in [1.29, 1.82) is 0 Å². The minimum Gasteiger partial charge on any atom is -0.387 e. The first-order valence-electron chi connectivity index (χ1n) is 8.28. The van der Waals surface area contributed by atoms with Gasteiger partial charge in [0.25, 0.3) is 5.89 Å². The van der Waals surface area contributed by atoms with Gasteiger partial charge in [-0.15, -0.1) is 16.4 Å². The number of carbonyl (C=O) groups is 1. The highest BCUT2D eigenvalue weighted by atomic mass is 32.1. The molecule has 3 rings (SSSR count). The summed E-state index contributed by atoms with van der Waals surface area (Å²) in [6.07, 6.45) is 0.797. The van der Waals surface area contributed by atoms with Gasteiger partial charge in [0, 0.05) is 25.8 Å². The molecule has 0 bridgehead atoms. The average molecular weight is 372 g/mol. The number of para-hydroxylation sites is 1. The molecule has 8 heteroatoms. The van der Waals surface area contributed by atoms with E-state index in [-0.39, 0.29) is 18.3 Å². The van der Waals surface area contributed by atoms with Crippen molar-refractivity contribution >= 4 is 22.9 Å². The number of nitrogens with zero attached hydrogens (tertiary/aromatic N) is 3. The second kappa shape index (κ2) is 8.48. The number of benzene rings is 1. The lowest BCUT2D eigenvalue weighted by Gasteiger charge is -2.19. The number of hydrogen-bond acceptors (Lipinski definition) is 6. The van der Waals surface area contributed by atoms with E-state index in [2.05, 4.69) is 15.3 Å². The maximum absolute atomic E-state index is 12.0. The van der Waals surface area contributed by atoms with E-state index < -0.39 is 5.76 Å². The molecule has 0 fully saturated rings. The van der Waals surface area contributed by atoms with Crippen LogP contribution in [0.3, 0.4) is 0 Å². The summed E-state index contributed by atoms with van der Waals surface area (Å²) in [5.41, 5.74) is 1.13. The zero-order valence-corrected chi connectivity index (χ0v) is 15.2. The summed E-state index contributed by atoms with van der Waals surface area (Å²) >= 11 is 1.42. The Balaban J connectivity index is 1.44. The van der Waals surface area contributed by atoms with Gasteiger partial charge in [-0.2, -0.15) is 4.68 Å². The number of rotatable bonds is 8. The van der Waals surface area contributed by atoms with Crippen molar-refractivity contribution in [2.75, 3.05) is 25.0 Å². The van der Waals surface area contributed by atoms with Crippen LogP contribution in [0.25, 0.3) is 10.8 Å². The SMILES string of the molecule is CN(CCCNC(=O)Cn1nc(-c2cccs2)oc1=O)c1ccccc1. The van der Waals surface area contributed by atoms with Crippen molar-refractivity contribution in [2.45, 2.75) is 13.0 Å². The standard InChI is InChI=1S/C18H20N4O3S/c1-21(14-7-3-2-4-8-14)11-6-10-19-16(23)13-22-18(24)25-17(20-22)15-9-5-12-26-15/h2-5,7-9,12H,6,10-11,13H2,1H3,(H,19,23). The molecule has 1 aromatic carbocycles. The van der Waals surface area contributed by atoms with Gasteiger partial charge in [-0.05, 0) is 30.0 Å². The summed E-state index contributed by atoms with van der Waals surface area (Å²) in [4.78, 5) is 26.7. The molecule has 26 heavy (non-hydrogen) atoms. The Labute approximate surface area is 154 Å². The van der Waals surface area contributed by atoms with Crippen LogP contribution in [0.2, 0.25) is 0 Å². The lowest BCUT2D eigenvalue weighted by Crippen LogP contribution is -2.33. The Kier molecular flexibility index (Phi) is 5.85. The third-order valence-electron chi connectivity index (χ3n) is 3.82. The van der Waals surface area contributed by atoms with Crippen LogP contribution < -0.4 is 16.0 Å². The van der Waals surface area contributed by atoms with Crippen LogP contribution in [0, 0.1) is 0 Å². The molecule has 0 saturated heterocycles. The highest BCUT2D eigenvalue weighted by Gasteiger charge is 2.13. The van der Waals surface area contributed by atoms with Gasteiger partial charge < -0.3 is 14.6 Å². The van der Waals surface area contributed by atoms with Gasteiger partial charge in [-0.25, -0.2) is 4.79 Å². The van der Waals surface area contributed by atoms with Gasteiger partial charge >= 0.3 is 5.76 Å². The smallest absolute Gasteiger partial charge is 0.387 e. The fourth-order valence-electron chi connectivity index (χ4n) is 2.45. The average Bonchev–Trinajstić information content (AvgIpc) is 3.30. The monoisotopic (exact) mass is 372 g/mol. The molecule has 2 heterocycles. The second-order valence-electron chi connectivity index (χ2n) is 5.77. The minimum atomic E-state index is -0.632. The molecule has 7 nitrogen and oxygen atoms in total. The molecule has 0 unspecified atom stereocenters. The minimum absolute atomic E-state index is 0.151. The summed E-state index contributed by atoms with van der Waals surface area (Å²) in [5, 5.41) is 8.74. The first-order chi connectivity index (χ1) is 12.6. The van der Waals surface area contributed by atoms with Crippen LogP contribution in [0.4, 0.5) is 5.69 Å². The van der Waals surface area contributed by atoms with Gasteiger partial charge in [0.15, 0.2) is 0 Å². The van der Waals surface area contributed by atoms with Crippen LogP contribution in [-0.4, -0.2) is 35.8 Å². The number of thiophene rings is 1. The quantitative estimate of drug-likeness (QED) is 0.613. The van der Waals surface area contributed by atoms with E-state index in [4.69, 9.17) is 4.42 Å². The zero-order valence-electron chi connectivity index (χ0n) is 14.4. The zero-order chi connectivity index (χ0) is 18.4. The van der Waals surface area contributed by atoms with Gasteiger partial charge in [0.05, 0.1) is 4.88 Å². The molecule has 136 valence electrons. The van der Waals surface area contributed by atoms with Crippen LogP contribution >= 0.6 is 11.3 Å². The first-order valence-corrected chi connectivity index (χ1v) is 9.16. The van der Waals surface area contributed by atoms with E-state index in [0.29, 0.717) is 6.54 Å². The summed E-state index contributed by atoms with van der Waals surface area (Å²) < 4.78 is 6.13. The normalized spacial score (nSPS) is 10.7. The van der Waals surface area contributed by atoms with Crippen molar-refractivity contribution in [1.82, 2.24) is 15.1 Å². The fourth-order valence-corrected chi connectivity index (χ4v) is 3.10. The van der Waals surface area contributed by atoms with Crippen molar-refractivity contribution in [3.05, 3.63) is 58.4 Å². The van der Waals surface area contributed by atoms with Crippen LogP contribution in [0.1, 0.15) is 6.42 Å². The van der Waals surface area contributed by atoms with Crippen LogP contribution in [-0.2, 0) is 11.3 Å². The molecule has 0 radical (unpaired) electrons. The molecule has 0 aliphatic carbocycles. The molecule has 0 aliphatic heterocycles. The topological polar surface area (TPSA) is 80.4 Å². The molecule has 1 N–H and O–H groups in total. The van der Waals surface area contributed by atoms with Gasteiger partial charge in [0.2, 0.25) is 5.91 Å². The van der Waals surface area contributed by atoms with Gasteiger partial charge in [-0.3, -0.25) is 4.79 Å². The molecular formula is C18H20N4O3S. The van der Waals surface area contributed by atoms with Crippen molar-refractivity contribution in [3.8, 4) is 10.8 Å². The van der Waals surface area contributed by atoms with E-state index in [1.807, 2.05) is 54.9 Å². The molecule has 3 aromatic rings. The number of aromatic nitrogens is 2. The summed E-state index contributed by atoms with van der Waals surface area (Å²) in [6.45, 7) is 1.19. The molecule has 2 aromatic heterocycles. The molecule has 0 spiro atoms. The summed E-state index contributed by atoms with van der Waals surface area (Å²) in [5.74, 6) is -0.657. The molecular weight excluding hydrogens is 352 g/mol. The van der Waals surface area contributed by atoms with E-state index in [1.165, 1.54) is 11.3 Å². The van der Waals surface area contributed by atoms with Crippen molar-refractivity contribution in [3.63, 3.8) is 0 Å². The maximum atomic E-state index is 12.0. The number of anilines is 1. The molecule has 0 aliphatic rings. The molecule has 1 amide bonds. The predicted octanol–water partition coefficient (Wildman–Crippen LogP) is 2.21. The Morgan fingerprint density at radius 1 is 1.27 bits per heavy atom. The van der Waals surface area contributed by atoms with E-state index >= 15 is 0 Å². The molecule has 0 saturated carbocycles. The highest BCUT2D eigenvalue weighted by molar-refractivity contribution is 7.13. The summed E-state index contributed by atoms with van der Waals surface area (Å²) in [6, 6.07) is 13.7. The third-order valence-corrected chi connectivity index (χ3v) is 4.68. The highest BCUT2D eigenvalue weighted by Crippen LogP contribution is 2.20. The Morgan fingerprint density at radius 2 is 2.08 bits per heavy atom. The molecule has 0 atom stereocenters. The Morgan fingerprint density at radius 3 is 2.81 bits per heavy atom. The maximum Gasteiger partial charge on any atom is 0.437 e. The van der Waals surface area contributed by atoms with E-state index in [0.717, 1.165) is 28.2 Å². The fraction of sp³-hybridized carbons (Fsp3) is 0.278. The lowest BCUT2D eigenvalue weighted by molar-refractivity contribution is -0.121. The van der Waals surface area contributed by atoms with E-state index in [9.17, 15) is 9.59 Å². The number of hydrogen-bond donors (Lipinski definition) is 1. The number of nitrogens with one attached hydrogen (secondary N) is 1. The first kappa shape index (κ1) is 17.9. The lowest BCUT2D eigenvalue weighted by atomic mass is 10.3. The Bertz CT molecular complexity index is 887. The van der Waals surface area contributed by atoms with Crippen LogP contribution in [0.15, 0.2) is 57.1 Å².